The van der Waals surface area contributed by atoms with E-state index in [9.17, 15) is 4.79 Å². The first-order chi connectivity index (χ1) is 20.1. The van der Waals surface area contributed by atoms with Gasteiger partial charge in [0.25, 0.3) is 0 Å². The zero-order valence-corrected chi connectivity index (χ0v) is 24.0. The van der Waals surface area contributed by atoms with E-state index in [1.807, 2.05) is 30.3 Å². The van der Waals surface area contributed by atoms with Crippen molar-refractivity contribution < 1.29 is 19.4 Å². The Kier molecular flexibility index (Phi) is 9.02. The van der Waals surface area contributed by atoms with E-state index in [1.54, 1.807) is 0 Å². The SMILES string of the molecule is O=C(O)CCc1ccc2cccc(OC3CCN(CCc4ccc(OC5CCN(C6CCC6)CC5)cc4)CC3)c2n1. The maximum atomic E-state index is 11.0. The Hall–Kier alpha value is -3.16. The molecule has 3 heterocycles. The zero-order chi connectivity index (χ0) is 28.0. The molecule has 1 N–H and O–H groups in total. The Bertz CT molecular complexity index is 1290. The van der Waals surface area contributed by atoms with Crippen LogP contribution in [0.15, 0.2) is 54.6 Å². The lowest BCUT2D eigenvalue weighted by atomic mass is 9.90. The number of likely N-dealkylation sites (tertiary alicyclic amines) is 2. The van der Waals surface area contributed by atoms with Gasteiger partial charge in [0.05, 0.1) is 6.42 Å². The largest absolute Gasteiger partial charge is 0.490 e. The van der Waals surface area contributed by atoms with Crippen LogP contribution in [0.25, 0.3) is 10.9 Å². The number of aryl methyl sites for hydroxylation is 1. The van der Waals surface area contributed by atoms with Gasteiger partial charge in [-0.3, -0.25) is 4.79 Å². The smallest absolute Gasteiger partial charge is 0.303 e. The van der Waals surface area contributed by atoms with Crippen LogP contribution >= 0.6 is 0 Å². The van der Waals surface area contributed by atoms with Gasteiger partial charge in [-0.2, -0.15) is 0 Å². The Labute approximate surface area is 243 Å². The minimum Gasteiger partial charge on any atom is -0.490 e. The molecule has 2 aliphatic heterocycles. The maximum absolute atomic E-state index is 11.0. The lowest BCUT2D eigenvalue weighted by Crippen LogP contribution is -2.46. The van der Waals surface area contributed by atoms with Crippen molar-refractivity contribution in [2.75, 3.05) is 32.7 Å². The van der Waals surface area contributed by atoms with Gasteiger partial charge in [-0.15, -0.1) is 0 Å². The number of carboxylic acid groups (broad SMARTS) is 1. The molecular weight excluding hydrogens is 514 g/mol. The molecule has 0 amide bonds. The van der Waals surface area contributed by atoms with E-state index >= 15 is 0 Å². The van der Waals surface area contributed by atoms with Crippen LogP contribution < -0.4 is 9.47 Å². The summed E-state index contributed by atoms with van der Waals surface area (Å²) in [6.07, 6.45) is 10.5. The highest BCUT2D eigenvalue weighted by atomic mass is 16.5. The number of para-hydroxylation sites is 1. The van der Waals surface area contributed by atoms with E-state index in [0.717, 1.165) is 85.9 Å². The van der Waals surface area contributed by atoms with Crippen molar-refractivity contribution in [1.29, 1.82) is 0 Å². The first-order valence-electron chi connectivity index (χ1n) is 15.6. The Morgan fingerprint density at radius 2 is 1.56 bits per heavy atom. The molecule has 0 bridgehead atoms. The molecule has 2 saturated heterocycles. The number of aliphatic carboxylic acids is 1. The van der Waals surface area contributed by atoms with Gasteiger partial charge in [-0.25, -0.2) is 4.98 Å². The van der Waals surface area contributed by atoms with Gasteiger partial charge >= 0.3 is 5.97 Å². The average molecular weight is 558 g/mol. The predicted octanol–water partition coefficient (Wildman–Crippen LogP) is 5.73. The van der Waals surface area contributed by atoms with Crippen LogP contribution in [0, 0.1) is 0 Å². The van der Waals surface area contributed by atoms with Crippen molar-refractivity contribution in [2.24, 2.45) is 0 Å². The van der Waals surface area contributed by atoms with Crippen LogP contribution in [0.3, 0.4) is 0 Å². The molecular formula is C34H43N3O4. The molecule has 218 valence electrons. The molecule has 0 atom stereocenters. The fraction of sp³-hybridized carbons (Fsp3) is 0.529. The standard InChI is InChI=1S/C34H43N3O4/c38-33(39)14-11-27-10-9-26-3-1-6-32(34(26)35-27)41-31-16-21-36(22-17-31)20-15-25-7-12-29(13-8-25)40-30-18-23-37(24-19-30)28-4-2-5-28/h1,3,6-10,12-13,28,30-31H,2,4-5,11,14-24H2,(H,38,39). The number of rotatable bonds is 11. The number of hydrogen-bond donors (Lipinski definition) is 1. The van der Waals surface area contributed by atoms with Crippen molar-refractivity contribution in [2.45, 2.75) is 82.5 Å². The van der Waals surface area contributed by atoms with Crippen LogP contribution in [0.1, 0.15) is 62.6 Å². The third-order valence-corrected chi connectivity index (χ3v) is 9.17. The summed E-state index contributed by atoms with van der Waals surface area (Å²) >= 11 is 0. The molecule has 3 fully saturated rings. The van der Waals surface area contributed by atoms with Crippen molar-refractivity contribution in [3.05, 3.63) is 65.9 Å². The van der Waals surface area contributed by atoms with Gasteiger partial charge in [0.15, 0.2) is 0 Å². The number of pyridine rings is 1. The highest BCUT2D eigenvalue weighted by Crippen LogP contribution is 2.29. The number of nitrogens with zero attached hydrogens (tertiary/aromatic N) is 3. The van der Waals surface area contributed by atoms with Gasteiger partial charge in [0.2, 0.25) is 0 Å². The molecule has 1 aliphatic carbocycles. The summed E-state index contributed by atoms with van der Waals surface area (Å²) in [7, 11) is 0. The third kappa shape index (κ3) is 7.38. The Morgan fingerprint density at radius 1 is 0.829 bits per heavy atom. The van der Waals surface area contributed by atoms with Crippen molar-refractivity contribution in [3.8, 4) is 11.5 Å². The molecule has 0 unspecified atom stereocenters. The first kappa shape index (κ1) is 28.0. The van der Waals surface area contributed by atoms with E-state index in [0.29, 0.717) is 12.5 Å². The van der Waals surface area contributed by atoms with Crippen LogP contribution in [-0.4, -0.2) is 76.8 Å². The Morgan fingerprint density at radius 3 is 2.27 bits per heavy atom. The van der Waals surface area contributed by atoms with Crippen LogP contribution in [0.4, 0.5) is 0 Å². The summed E-state index contributed by atoms with van der Waals surface area (Å²) in [4.78, 5) is 20.9. The summed E-state index contributed by atoms with van der Waals surface area (Å²) < 4.78 is 12.8. The van der Waals surface area contributed by atoms with Crippen LogP contribution in [0.2, 0.25) is 0 Å². The van der Waals surface area contributed by atoms with Crippen molar-refractivity contribution in [1.82, 2.24) is 14.8 Å². The number of carboxylic acids is 1. The summed E-state index contributed by atoms with van der Waals surface area (Å²) in [6.45, 7) is 5.46. The molecule has 7 heteroatoms. The fourth-order valence-corrected chi connectivity index (χ4v) is 6.38. The van der Waals surface area contributed by atoms with Crippen LogP contribution in [-0.2, 0) is 17.6 Å². The molecule has 41 heavy (non-hydrogen) atoms. The predicted molar refractivity (Wildman–Crippen MR) is 161 cm³/mol. The zero-order valence-electron chi connectivity index (χ0n) is 24.0. The molecule has 2 aromatic carbocycles. The number of fused-ring (bicyclic) bond motifs is 1. The first-order valence-corrected chi connectivity index (χ1v) is 15.6. The monoisotopic (exact) mass is 557 g/mol. The van der Waals surface area contributed by atoms with E-state index in [2.05, 4.69) is 34.1 Å². The lowest BCUT2D eigenvalue weighted by Gasteiger charge is -2.41. The number of aromatic nitrogens is 1. The average Bonchev–Trinajstić information content (AvgIpc) is 2.97. The van der Waals surface area contributed by atoms with Gasteiger partial charge < -0.3 is 24.4 Å². The molecule has 0 spiro atoms. The summed E-state index contributed by atoms with van der Waals surface area (Å²) in [5.74, 6) is 0.995. The number of benzene rings is 2. The lowest BCUT2D eigenvalue weighted by molar-refractivity contribution is -0.136. The minimum absolute atomic E-state index is 0.0810. The highest BCUT2D eigenvalue weighted by molar-refractivity contribution is 5.84. The van der Waals surface area contributed by atoms with Gasteiger partial charge in [0, 0.05) is 56.3 Å². The second kappa shape index (κ2) is 13.2. The summed E-state index contributed by atoms with van der Waals surface area (Å²) in [6, 6.07) is 19.5. The van der Waals surface area contributed by atoms with Crippen molar-refractivity contribution >= 4 is 16.9 Å². The second-order valence-corrected chi connectivity index (χ2v) is 12.0. The molecule has 0 radical (unpaired) electrons. The molecule has 1 saturated carbocycles. The number of ether oxygens (including phenoxy) is 2. The second-order valence-electron chi connectivity index (χ2n) is 12.0. The molecule has 3 aromatic rings. The molecule has 3 aliphatic rings. The van der Waals surface area contributed by atoms with Gasteiger partial charge in [-0.1, -0.05) is 36.8 Å². The number of carbonyl (C=O) groups is 1. The normalized spacial score (nSPS) is 19.7. The van der Waals surface area contributed by atoms with Crippen LogP contribution in [0.5, 0.6) is 11.5 Å². The molecule has 6 rings (SSSR count). The summed E-state index contributed by atoms with van der Waals surface area (Å²) in [5, 5.41) is 10.0. The van der Waals surface area contributed by atoms with E-state index in [1.165, 1.54) is 37.9 Å². The summed E-state index contributed by atoms with van der Waals surface area (Å²) in [5.41, 5.74) is 2.97. The fourth-order valence-electron chi connectivity index (χ4n) is 6.38. The van der Waals surface area contributed by atoms with E-state index in [4.69, 9.17) is 19.6 Å². The van der Waals surface area contributed by atoms with E-state index < -0.39 is 5.97 Å². The topological polar surface area (TPSA) is 75.1 Å². The highest BCUT2D eigenvalue weighted by Gasteiger charge is 2.29. The Balaban J connectivity index is 0.934. The number of hydrogen-bond acceptors (Lipinski definition) is 6. The molecule has 1 aromatic heterocycles. The molecule has 7 nitrogen and oxygen atoms in total. The van der Waals surface area contributed by atoms with Gasteiger partial charge in [0.1, 0.15) is 29.2 Å². The third-order valence-electron chi connectivity index (χ3n) is 9.17. The maximum Gasteiger partial charge on any atom is 0.303 e. The number of piperidine rings is 2. The van der Waals surface area contributed by atoms with Gasteiger partial charge in [-0.05, 0) is 74.8 Å². The van der Waals surface area contributed by atoms with E-state index in [-0.39, 0.29) is 12.5 Å². The quantitative estimate of drug-likeness (QED) is 0.323. The van der Waals surface area contributed by atoms with Crippen molar-refractivity contribution in [3.63, 3.8) is 0 Å². The minimum atomic E-state index is -0.806.